The molecule has 0 aliphatic heterocycles. The second-order valence-corrected chi connectivity index (χ2v) is 9.79. The fourth-order valence-corrected chi connectivity index (χ4v) is 1.84. The van der Waals surface area contributed by atoms with Crippen LogP contribution in [0.2, 0.25) is 0 Å². The Labute approximate surface area is 260 Å². The van der Waals surface area contributed by atoms with Crippen molar-refractivity contribution >= 4 is 23.9 Å². The molecule has 0 atom stereocenters. The molecule has 0 aromatic heterocycles. The number of carboxylic acids is 4. The Hall–Kier alpha value is -3.40. The lowest BCUT2D eigenvalue weighted by Crippen LogP contribution is -2.33. The largest absolute Gasteiger partial charge is 0.478 e. The summed E-state index contributed by atoms with van der Waals surface area (Å²) < 4.78 is 0. The fraction of sp³-hybridized carbons (Fsp3) is 0.600. The average Bonchev–Trinajstić information content (AvgIpc) is 2.96. The van der Waals surface area contributed by atoms with E-state index >= 15 is 0 Å². The van der Waals surface area contributed by atoms with E-state index in [-0.39, 0.29) is 61.9 Å². The fourth-order valence-electron chi connectivity index (χ4n) is 1.84. The van der Waals surface area contributed by atoms with Gasteiger partial charge in [0, 0.05) is 33.1 Å². The summed E-state index contributed by atoms with van der Waals surface area (Å²) in [5, 5.41) is 84.3. The normalized spacial score (nSPS) is 9.55. The molecule has 14 heteroatoms. The lowest BCUT2D eigenvalue weighted by molar-refractivity contribution is -0.133. The smallest absolute Gasteiger partial charge is 0.330 e. The van der Waals surface area contributed by atoms with Crippen molar-refractivity contribution in [3.8, 4) is 0 Å². The van der Waals surface area contributed by atoms with Crippen LogP contribution in [0.4, 0.5) is 0 Å². The minimum Gasteiger partial charge on any atom is -0.478 e. The summed E-state index contributed by atoms with van der Waals surface area (Å²) >= 11 is 0. The number of carboxylic acid groups (broad SMARTS) is 4. The molecule has 0 rings (SSSR count). The van der Waals surface area contributed by atoms with Gasteiger partial charge in [-0.1, -0.05) is 53.0 Å². The standard InChI is InChI=1S/2C7H16O3.4C4H6O2/c2*1-2-3-7(4-8,5-9)6-10;4*1-3(2)4(5)6/h2*8-10H,2-6H2,1H3;4*1H2,2H3,(H,5,6). The van der Waals surface area contributed by atoms with Crippen molar-refractivity contribution in [2.24, 2.45) is 10.8 Å². The molecular formula is C30H56O14. The summed E-state index contributed by atoms with van der Waals surface area (Å²) in [6.45, 7) is 21.4. The van der Waals surface area contributed by atoms with Gasteiger partial charge in [0.2, 0.25) is 0 Å². The molecule has 0 spiro atoms. The van der Waals surface area contributed by atoms with Gasteiger partial charge in [-0.15, -0.1) is 0 Å². The third-order valence-corrected chi connectivity index (χ3v) is 5.03. The summed E-state index contributed by atoms with van der Waals surface area (Å²) in [4.78, 5) is 38.4. The van der Waals surface area contributed by atoms with E-state index in [1.54, 1.807) is 0 Å². The van der Waals surface area contributed by atoms with Crippen LogP contribution < -0.4 is 0 Å². The Kier molecular flexibility index (Phi) is 39.3. The molecule has 0 aliphatic carbocycles. The average molecular weight is 641 g/mol. The maximum Gasteiger partial charge on any atom is 0.330 e. The van der Waals surface area contributed by atoms with Gasteiger partial charge in [0.25, 0.3) is 0 Å². The first-order chi connectivity index (χ1) is 20.1. The summed E-state index contributed by atoms with van der Waals surface area (Å²) in [5.41, 5.74) is -0.612. The number of hydrogen-bond donors (Lipinski definition) is 10. The van der Waals surface area contributed by atoms with Gasteiger partial charge in [0.05, 0.1) is 39.6 Å². The number of hydrogen-bond acceptors (Lipinski definition) is 10. The van der Waals surface area contributed by atoms with Crippen molar-refractivity contribution in [3.63, 3.8) is 0 Å². The highest BCUT2D eigenvalue weighted by Crippen LogP contribution is 2.21. The van der Waals surface area contributed by atoms with Crippen LogP contribution in [-0.4, -0.2) is 115 Å². The predicted octanol–water partition coefficient (Wildman–Crippen LogP) is 2.09. The molecule has 10 N–H and O–H groups in total. The van der Waals surface area contributed by atoms with Crippen LogP contribution in [0.3, 0.4) is 0 Å². The zero-order chi connectivity index (χ0) is 36.7. The first kappa shape index (κ1) is 53.2. The van der Waals surface area contributed by atoms with E-state index in [1.807, 2.05) is 13.8 Å². The lowest BCUT2D eigenvalue weighted by Gasteiger charge is -2.26. The van der Waals surface area contributed by atoms with Crippen LogP contribution in [0.5, 0.6) is 0 Å². The lowest BCUT2D eigenvalue weighted by atomic mass is 9.86. The predicted molar refractivity (Wildman–Crippen MR) is 167 cm³/mol. The maximum atomic E-state index is 9.60. The molecule has 0 amide bonds. The Morgan fingerprint density at radius 3 is 0.568 bits per heavy atom. The zero-order valence-corrected chi connectivity index (χ0v) is 27.0. The highest BCUT2D eigenvalue weighted by Gasteiger charge is 2.27. The number of aliphatic hydroxyl groups excluding tert-OH is 6. The molecule has 44 heavy (non-hydrogen) atoms. The van der Waals surface area contributed by atoms with Crippen molar-refractivity contribution in [3.05, 3.63) is 48.6 Å². The minimum atomic E-state index is -0.935. The van der Waals surface area contributed by atoms with Gasteiger partial charge >= 0.3 is 23.9 Å². The number of aliphatic carboxylic acids is 4. The highest BCUT2D eigenvalue weighted by molar-refractivity contribution is 5.85. The molecular weight excluding hydrogens is 584 g/mol. The summed E-state index contributed by atoms with van der Waals surface area (Å²) in [6, 6.07) is 0. The molecule has 0 aliphatic rings. The third-order valence-electron chi connectivity index (χ3n) is 5.03. The van der Waals surface area contributed by atoms with Gasteiger partial charge in [0.15, 0.2) is 0 Å². The van der Waals surface area contributed by atoms with Crippen molar-refractivity contribution in [1.82, 2.24) is 0 Å². The molecule has 0 fully saturated rings. The number of rotatable bonds is 14. The topological polar surface area (TPSA) is 271 Å². The second kappa shape index (κ2) is 32.5. The Morgan fingerprint density at radius 2 is 0.545 bits per heavy atom. The van der Waals surface area contributed by atoms with Crippen LogP contribution >= 0.6 is 0 Å². The molecule has 0 aromatic rings. The summed E-state index contributed by atoms with van der Waals surface area (Å²) in [5.74, 6) is -3.74. The van der Waals surface area contributed by atoms with Crippen molar-refractivity contribution < 1.29 is 70.2 Å². The van der Waals surface area contributed by atoms with Crippen LogP contribution in [0.25, 0.3) is 0 Å². The Balaban J connectivity index is -0.000000100. The molecule has 0 radical (unpaired) electrons. The Bertz CT molecular complexity index is 671. The van der Waals surface area contributed by atoms with E-state index in [4.69, 9.17) is 51.1 Å². The first-order valence-corrected chi connectivity index (χ1v) is 13.3. The van der Waals surface area contributed by atoms with Gasteiger partial charge in [-0.3, -0.25) is 0 Å². The summed E-state index contributed by atoms with van der Waals surface area (Å²) in [6.07, 6.45) is 3.05. The van der Waals surface area contributed by atoms with E-state index in [9.17, 15) is 19.2 Å². The SMILES string of the molecule is C=C(C)C(=O)O.C=C(C)C(=O)O.C=C(C)C(=O)O.C=C(C)C(=O)O.CCCC(CO)(CO)CO.CCCC(CO)(CO)CO. The highest BCUT2D eigenvalue weighted by atomic mass is 16.4. The van der Waals surface area contributed by atoms with E-state index in [0.29, 0.717) is 12.8 Å². The van der Waals surface area contributed by atoms with Crippen molar-refractivity contribution in [1.29, 1.82) is 0 Å². The first-order valence-electron chi connectivity index (χ1n) is 13.3. The molecule has 0 saturated heterocycles. The monoisotopic (exact) mass is 640 g/mol. The number of carbonyl (C=O) groups is 4. The van der Waals surface area contributed by atoms with Crippen LogP contribution in [0.1, 0.15) is 67.2 Å². The van der Waals surface area contributed by atoms with Gasteiger partial charge in [-0.05, 0) is 40.5 Å². The molecule has 0 aromatic carbocycles. The summed E-state index contributed by atoms with van der Waals surface area (Å²) in [7, 11) is 0. The van der Waals surface area contributed by atoms with E-state index < -0.39 is 34.7 Å². The molecule has 0 saturated carbocycles. The van der Waals surface area contributed by atoms with Gasteiger partial charge in [0.1, 0.15) is 0 Å². The number of aliphatic hydroxyl groups is 6. The van der Waals surface area contributed by atoms with E-state index in [2.05, 4.69) is 26.3 Å². The quantitative estimate of drug-likeness (QED) is 0.122. The van der Waals surface area contributed by atoms with Crippen molar-refractivity contribution in [2.75, 3.05) is 39.6 Å². The zero-order valence-electron chi connectivity index (χ0n) is 27.0. The van der Waals surface area contributed by atoms with E-state index in [1.165, 1.54) is 27.7 Å². The maximum absolute atomic E-state index is 9.60. The van der Waals surface area contributed by atoms with Crippen LogP contribution in [-0.2, 0) is 19.2 Å². The van der Waals surface area contributed by atoms with E-state index in [0.717, 1.165) is 12.8 Å². The molecule has 0 heterocycles. The van der Waals surface area contributed by atoms with Gasteiger partial charge in [-0.2, -0.15) is 0 Å². The van der Waals surface area contributed by atoms with Crippen LogP contribution in [0.15, 0.2) is 48.6 Å². The molecule has 0 bridgehead atoms. The third kappa shape index (κ3) is 36.6. The Morgan fingerprint density at radius 1 is 0.432 bits per heavy atom. The van der Waals surface area contributed by atoms with Crippen LogP contribution in [0, 0.1) is 10.8 Å². The van der Waals surface area contributed by atoms with Crippen molar-refractivity contribution in [2.45, 2.75) is 67.2 Å². The van der Waals surface area contributed by atoms with Gasteiger partial charge < -0.3 is 51.1 Å². The molecule has 260 valence electrons. The van der Waals surface area contributed by atoms with Gasteiger partial charge in [-0.25, -0.2) is 19.2 Å². The molecule has 14 nitrogen and oxygen atoms in total. The minimum absolute atomic E-state index is 0.145. The molecule has 0 unspecified atom stereocenters. The second-order valence-electron chi connectivity index (χ2n) is 9.79.